The second-order valence-electron chi connectivity index (χ2n) is 3.75. The zero-order valence-electron chi connectivity index (χ0n) is 10.4. The Hall–Kier alpha value is -0.930. The molecule has 3 nitrogen and oxygen atoms in total. The van der Waals surface area contributed by atoms with Gasteiger partial charge in [0.1, 0.15) is 5.75 Å². The number of hydrogen-bond donors (Lipinski definition) is 0. The molecule has 18 heavy (non-hydrogen) atoms. The Bertz CT molecular complexity index is 387. The molecule has 0 bridgehead atoms. The molecule has 0 aliphatic carbocycles. The van der Waals surface area contributed by atoms with Crippen molar-refractivity contribution in [1.29, 1.82) is 0 Å². The Morgan fingerprint density at radius 1 is 1.22 bits per heavy atom. The molecule has 0 spiro atoms. The van der Waals surface area contributed by atoms with E-state index in [1.807, 2.05) is 6.92 Å². The summed E-state index contributed by atoms with van der Waals surface area (Å²) in [5, 5.41) is 0.938. The fourth-order valence-electron chi connectivity index (χ4n) is 1.48. The lowest BCUT2D eigenvalue weighted by atomic mass is 10.2. The summed E-state index contributed by atoms with van der Waals surface area (Å²) < 4.78 is 10.5. The molecule has 1 unspecified atom stereocenters. The first-order valence-electron chi connectivity index (χ1n) is 5.86. The molecule has 100 valence electrons. The van der Waals surface area contributed by atoms with Gasteiger partial charge in [-0.05, 0) is 31.5 Å². The second-order valence-corrected chi connectivity index (χ2v) is 4.63. The summed E-state index contributed by atoms with van der Waals surface area (Å²) >= 11 is 11.7. The normalized spacial score (nSPS) is 12.0. The van der Waals surface area contributed by atoms with Crippen LogP contribution in [0.2, 0.25) is 10.0 Å². The van der Waals surface area contributed by atoms with Gasteiger partial charge in [0.25, 0.3) is 0 Å². The number of esters is 1. The molecule has 0 aliphatic heterocycles. The topological polar surface area (TPSA) is 35.5 Å². The second kappa shape index (κ2) is 7.49. The quantitative estimate of drug-likeness (QED) is 0.740. The van der Waals surface area contributed by atoms with Gasteiger partial charge < -0.3 is 9.47 Å². The Morgan fingerprint density at radius 3 is 2.33 bits per heavy atom. The summed E-state index contributed by atoms with van der Waals surface area (Å²) in [6.07, 6.45) is 0.783. The molecule has 5 heteroatoms. The number of halogens is 2. The summed E-state index contributed by atoms with van der Waals surface area (Å²) in [5.41, 5.74) is 0. The van der Waals surface area contributed by atoms with Gasteiger partial charge in [-0.2, -0.15) is 0 Å². The van der Waals surface area contributed by atoms with E-state index in [0.29, 0.717) is 28.8 Å². The Balaban J connectivity index is 2.78. The van der Waals surface area contributed by atoms with Crippen LogP contribution in [0, 0.1) is 0 Å². The highest BCUT2D eigenvalue weighted by Gasteiger charge is 2.21. The van der Waals surface area contributed by atoms with Crippen molar-refractivity contribution in [3.8, 4) is 5.75 Å². The number of benzene rings is 1. The summed E-state index contributed by atoms with van der Waals surface area (Å²) in [7, 11) is 0. The van der Waals surface area contributed by atoms with E-state index in [4.69, 9.17) is 32.7 Å². The van der Waals surface area contributed by atoms with Crippen LogP contribution in [0.3, 0.4) is 0 Å². The zero-order chi connectivity index (χ0) is 13.5. The van der Waals surface area contributed by atoms with E-state index in [0.717, 1.165) is 6.42 Å². The fraction of sp³-hybridized carbons (Fsp3) is 0.462. The van der Waals surface area contributed by atoms with Gasteiger partial charge in [-0.1, -0.05) is 36.5 Å². The molecular weight excluding hydrogens is 275 g/mol. The van der Waals surface area contributed by atoms with Gasteiger partial charge in [0, 0.05) is 10.0 Å². The fourth-order valence-corrected chi connectivity index (χ4v) is 1.99. The minimum atomic E-state index is -0.621. The van der Waals surface area contributed by atoms with Crippen molar-refractivity contribution >= 4 is 29.2 Å². The molecule has 1 rings (SSSR count). The van der Waals surface area contributed by atoms with Crippen LogP contribution in [0.25, 0.3) is 0 Å². The molecule has 0 saturated heterocycles. The molecule has 1 aromatic rings. The molecule has 0 radical (unpaired) electrons. The summed E-state index contributed by atoms with van der Waals surface area (Å²) in [6, 6.07) is 4.85. The molecule has 1 atom stereocenters. The van der Waals surface area contributed by atoms with E-state index in [1.165, 1.54) is 0 Å². The lowest BCUT2D eigenvalue weighted by Gasteiger charge is -2.17. The number of carbonyl (C=O) groups is 1. The zero-order valence-corrected chi connectivity index (χ0v) is 11.9. The van der Waals surface area contributed by atoms with Crippen molar-refractivity contribution in [2.75, 3.05) is 6.61 Å². The minimum Gasteiger partial charge on any atom is -0.479 e. The smallest absolute Gasteiger partial charge is 0.347 e. The van der Waals surface area contributed by atoms with Gasteiger partial charge in [0.05, 0.1) is 6.61 Å². The van der Waals surface area contributed by atoms with Crippen molar-refractivity contribution in [2.45, 2.75) is 32.8 Å². The van der Waals surface area contributed by atoms with E-state index in [-0.39, 0.29) is 5.97 Å². The first-order chi connectivity index (χ1) is 8.56. The highest BCUT2D eigenvalue weighted by Crippen LogP contribution is 2.25. The predicted molar refractivity (Wildman–Crippen MR) is 72.4 cm³/mol. The maximum absolute atomic E-state index is 11.7. The van der Waals surface area contributed by atoms with Crippen molar-refractivity contribution in [3.05, 3.63) is 28.2 Å². The highest BCUT2D eigenvalue weighted by atomic mass is 35.5. The predicted octanol–water partition coefficient (Wildman–Crippen LogP) is 4.10. The van der Waals surface area contributed by atoms with Crippen LogP contribution in [0.15, 0.2) is 18.2 Å². The number of ether oxygens (including phenoxy) is 2. The summed E-state index contributed by atoms with van der Waals surface area (Å²) in [5.74, 6) is 0.106. The molecule has 0 fully saturated rings. The van der Waals surface area contributed by atoms with Crippen LogP contribution < -0.4 is 4.74 Å². The number of rotatable bonds is 6. The standard InChI is InChI=1S/C13H16Cl2O3/c1-3-5-12(13(16)17-4-2)18-11-7-9(14)6-10(15)8-11/h6-8,12H,3-5H2,1-2H3. The number of carbonyl (C=O) groups excluding carboxylic acids is 1. The molecule has 1 aromatic carbocycles. The average molecular weight is 291 g/mol. The Morgan fingerprint density at radius 2 is 1.83 bits per heavy atom. The molecule has 0 heterocycles. The van der Waals surface area contributed by atoms with Crippen LogP contribution in [0.5, 0.6) is 5.75 Å². The van der Waals surface area contributed by atoms with Crippen LogP contribution in [-0.4, -0.2) is 18.7 Å². The summed E-state index contributed by atoms with van der Waals surface area (Å²) in [6.45, 7) is 4.07. The van der Waals surface area contributed by atoms with Crippen LogP contribution in [0.1, 0.15) is 26.7 Å². The monoisotopic (exact) mass is 290 g/mol. The first-order valence-corrected chi connectivity index (χ1v) is 6.61. The van der Waals surface area contributed by atoms with Crippen LogP contribution in [0.4, 0.5) is 0 Å². The first kappa shape index (κ1) is 15.1. The molecule has 0 saturated carbocycles. The van der Waals surface area contributed by atoms with Crippen molar-refractivity contribution in [1.82, 2.24) is 0 Å². The van der Waals surface area contributed by atoms with Crippen molar-refractivity contribution < 1.29 is 14.3 Å². The minimum absolute atomic E-state index is 0.332. The molecule has 0 amide bonds. The third-order valence-electron chi connectivity index (χ3n) is 2.21. The van der Waals surface area contributed by atoms with E-state index < -0.39 is 6.10 Å². The van der Waals surface area contributed by atoms with Gasteiger partial charge >= 0.3 is 5.97 Å². The highest BCUT2D eigenvalue weighted by molar-refractivity contribution is 6.34. The largest absolute Gasteiger partial charge is 0.479 e. The van der Waals surface area contributed by atoms with E-state index in [2.05, 4.69) is 0 Å². The maximum atomic E-state index is 11.7. The molecular formula is C13H16Cl2O3. The van der Waals surface area contributed by atoms with E-state index >= 15 is 0 Å². The lowest BCUT2D eigenvalue weighted by molar-refractivity contribution is -0.151. The van der Waals surface area contributed by atoms with Gasteiger partial charge in [0.15, 0.2) is 6.10 Å². The van der Waals surface area contributed by atoms with Crippen LogP contribution >= 0.6 is 23.2 Å². The molecule has 0 N–H and O–H groups in total. The molecule has 0 aromatic heterocycles. The van der Waals surface area contributed by atoms with E-state index in [1.54, 1.807) is 25.1 Å². The lowest BCUT2D eigenvalue weighted by Crippen LogP contribution is -2.29. The third kappa shape index (κ3) is 4.75. The maximum Gasteiger partial charge on any atom is 0.347 e. The van der Waals surface area contributed by atoms with Crippen LogP contribution in [-0.2, 0) is 9.53 Å². The average Bonchev–Trinajstić information content (AvgIpc) is 2.27. The van der Waals surface area contributed by atoms with Crippen molar-refractivity contribution in [3.63, 3.8) is 0 Å². The van der Waals surface area contributed by atoms with Gasteiger partial charge in [0.2, 0.25) is 0 Å². The SMILES string of the molecule is CCCC(Oc1cc(Cl)cc(Cl)c1)C(=O)OCC. The van der Waals surface area contributed by atoms with E-state index in [9.17, 15) is 4.79 Å². The Labute approximate surface area is 117 Å². The Kier molecular flexibility index (Phi) is 6.30. The van der Waals surface area contributed by atoms with Crippen molar-refractivity contribution in [2.24, 2.45) is 0 Å². The van der Waals surface area contributed by atoms with Gasteiger partial charge in [-0.3, -0.25) is 0 Å². The van der Waals surface area contributed by atoms with Gasteiger partial charge in [-0.15, -0.1) is 0 Å². The number of hydrogen-bond acceptors (Lipinski definition) is 3. The summed E-state index contributed by atoms with van der Waals surface area (Å²) in [4.78, 5) is 11.7. The third-order valence-corrected chi connectivity index (χ3v) is 2.65. The van der Waals surface area contributed by atoms with Gasteiger partial charge in [-0.25, -0.2) is 4.79 Å². The molecule has 0 aliphatic rings.